The van der Waals surface area contributed by atoms with Gasteiger partial charge in [-0.1, -0.05) is 26.0 Å². The molecule has 1 atom stereocenters. The molecule has 0 aromatic heterocycles. The second kappa shape index (κ2) is 4.82. The van der Waals surface area contributed by atoms with Crippen LogP contribution in [-0.4, -0.2) is 5.78 Å². The first-order valence-electron chi connectivity index (χ1n) is 6.38. The van der Waals surface area contributed by atoms with E-state index >= 15 is 0 Å². The highest BCUT2D eigenvalue weighted by Crippen LogP contribution is 2.26. The lowest BCUT2D eigenvalue weighted by atomic mass is 9.92. The second-order valence-electron chi connectivity index (χ2n) is 4.86. The van der Waals surface area contributed by atoms with Crippen molar-refractivity contribution in [2.45, 2.75) is 51.9 Å². The number of carbonyl (C=O) groups is 1. The molecular formula is C15H20O. The van der Waals surface area contributed by atoms with E-state index in [0.717, 1.165) is 37.7 Å². The van der Waals surface area contributed by atoms with Crippen LogP contribution in [0.15, 0.2) is 18.2 Å². The molecule has 0 N–H and O–H groups in total. The summed E-state index contributed by atoms with van der Waals surface area (Å²) in [5.41, 5.74) is 3.57. The highest BCUT2D eigenvalue weighted by Gasteiger charge is 2.16. The van der Waals surface area contributed by atoms with Gasteiger partial charge >= 0.3 is 0 Å². The van der Waals surface area contributed by atoms with E-state index in [0.29, 0.717) is 11.7 Å². The number of hydrogen-bond acceptors (Lipinski definition) is 1. The van der Waals surface area contributed by atoms with Crippen LogP contribution < -0.4 is 0 Å². The van der Waals surface area contributed by atoms with Crippen LogP contribution in [0, 0.1) is 0 Å². The van der Waals surface area contributed by atoms with Gasteiger partial charge in [0.25, 0.3) is 0 Å². The summed E-state index contributed by atoms with van der Waals surface area (Å²) in [5.74, 6) is 0.902. The molecule has 0 radical (unpaired) electrons. The minimum absolute atomic E-state index is 0.345. The monoisotopic (exact) mass is 216 g/mol. The van der Waals surface area contributed by atoms with Crippen molar-refractivity contribution in [1.29, 1.82) is 0 Å². The Labute approximate surface area is 97.9 Å². The third-order valence-electron chi connectivity index (χ3n) is 3.72. The Balaban J connectivity index is 2.39. The van der Waals surface area contributed by atoms with Crippen LogP contribution in [0.4, 0.5) is 0 Å². The lowest BCUT2D eigenvalue weighted by Crippen LogP contribution is -2.02. The third-order valence-corrected chi connectivity index (χ3v) is 3.72. The van der Waals surface area contributed by atoms with E-state index in [1.54, 1.807) is 0 Å². The molecule has 1 heteroatoms. The van der Waals surface area contributed by atoms with E-state index in [1.165, 1.54) is 11.1 Å². The minimum atomic E-state index is 0.345. The third kappa shape index (κ3) is 2.18. The molecule has 1 nitrogen and oxygen atoms in total. The Hall–Kier alpha value is -1.11. The molecule has 1 aliphatic carbocycles. The normalized spacial score (nSPS) is 17.8. The number of carbonyl (C=O) groups excluding carboxylic acids is 1. The van der Waals surface area contributed by atoms with Gasteiger partial charge in [0.2, 0.25) is 0 Å². The zero-order valence-corrected chi connectivity index (χ0v) is 10.3. The maximum atomic E-state index is 12.0. The summed E-state index contributed by atoms with van der Waals surface area (Å²) in [6.07, 6.45) is 5.14. The van der Waals surface area contributed by atoms with Gasteiger partial charge in [-0.2, -0.15) is 0 Å². The van der Waals surface area contributed by atoms with Gasteiger partial charge in [0.1, 0.15) is 0 Å². The van der Waals surface area contributed by atoms with E-state index in [9.17, 15) is 4.79 Å². The lowest BCUT2D eigenvalue weighted by molar-refractivity contribution is 0.0982. The fourth-order valence-electron chi connectivity index (χ4n) is 2.35. The van der Waals surface area contributed by atoms with Crippen LogP contribution in [-0.2, 0) is 6.42 Å². The first-order chi connectivity index (χ1) is 7.72. The summed E-state index contributed by atoms with van der Waals surface area (Å²) in [6, 6.07) is 6.50. The van der Waals surface area contributed by atoms with Crippen LogP contribution in [0.3, 0.4) is 0 Å². The summed E-state index contributed by atoms with van der Waals surface area (Å²) in [7, 11) is 0. The van der Waals surface area contributed by atoms with E-state index in [2.05, 4.69) is 32.0 Å². The van der Waals surface area contributed by atoms with Gasteiger partial charge < -0.3 is 0 Å². The Morgan fingerprint density at radius 3 is 2.75 bits per heavy atom. The van der Waals surface area contributed by atoms with Gasteiger partial charge in [-0.05, 0) is 48.8 Å². The highest BCUT2D eigenvalue weighted by molar-refractivity contribution is 5.98. The minimum Gasteiger partial charge on any atom is -0.294 e. The van der Waals surface area contributed by atoms with Crippen LogP contribution >= 0.6 is 0 Å². The molecule has 2 rings (SSSR count). The van der Waals surface area contributed by atoms with Gasteiger partial charge in [-0.15, -0.1) is 0 Å². The molecule has 1 unspecified atom stereocenters. The van der Waals surface area contributed by atoms with Crippen LogP contribution in [0.1, 0.15) is 66.9 Å². The highest BCUT2D eigenvalue weighted by atomic mass is 16.1. The average molecular weight is 216 g/mol. The summed E-state index contributed by atoms with van der Waals surface area (Å²) in [5, 5.41) is 0. The number of rotatable bonds is 2. The Morgan fingerprint density at radius 1 is 1.25 bits per heavy atom. The Kier molecular flexibility index (Phi) is 3.42. The molecule has 0 saturated carbocycles. The summed E-state index contributed by atoms with van der Waals surface area (Å²) in [6.45, 7) is 4.42. The molecule has 0 fully saturated rings. The van der Waals surface area contributed by atoms with Crippen molar-refractivity contribution >= 4 is 5.78 Å². The fourth-order valence-corrected chi connectivity index (χ4v) is 2.35. The van der Waals surface area contributed by atoms with Crippen molar-refractivity contribution in [2.24, 2.45) is 0 Å². The van der Waals surface area contributed by atoms with Crippen molar-refractivity contribution in [3.05, 3.63) is 34.9 Å². The molecule has 16 heavy (non-hydrogen) atoms. The molecular weight excluding hydrogens is 196 g/mol. The first kappa shape index (κ1) is 11.4. The van der Waals surface area contributed by atoms with Crippen molar-refractivity contribution in [1.82, 2.24) is 0 Å². The largest absolute Gasteiger partial charge is 0.294 e. The fraction of sp³-hybridized carbons (Fsp3) is 0.533. The number of aryl methyl sites for hydroxylation is 1. The van der Waals surface area contributed by atoms with Gasteiger partial charge in [0.15, 0.2) is 5.78 Å². The van der Waals surface area contributed by atoms with Gasteiger partial charge in [0, 0.05) is 12.0 Å². The van der Waals surface area contributed by atoms with Gasteiger partial charge in [-0.25, -0.2) is 0 Å². The predicted molar refractivity (Wildman–Crippen MR) is 67.0 cm³/mol. The second-order valence-corrected chi connectivity index (χ2v) is 4.86. The maximum Gasteiger partial charge on any atom is 0.163 e. The molecule has 0 aliphatic heterocycles. The standard InChI is InChI=1S/C15H20O/c1-3-11(2)13-9-8-12-6-4-5-7-15(16)14(12)10-13/h8-11H,3-7H2,1-2H3. The quantitative estimate of drug-likeness (QED) is 0.680. The van der Waals surface area contributed by atoms with Crippen molar-refractivity contribution in [2.75, 3.05) is 0 Å². The van der Waals surface area contributed by atoms with E-state index < -0.39 is 0 Å². The topological polar surface area (TPSA) is 17.1 Å². The van der Waals surface area contributed by atoms with E-state index in [4.69, 9.17) is 0 Å². The number of Topliss-reactive ketones (excluding diaryl/α,β-unsaturated/α-hetero) is 1. The summed E-state index contributed by atoms with van der Waals surface area (Å²) < 4.78 is 0. The molecule has 0 saturated heterocycles. The van der Waals surface area contributed by atoms with Crippen molar-refractivity contribution in [3.8, 4) is 0 Å². The molecule has 1 aliphatic rings. The maximum absolute atomic E-state index is 12.0. The average Bonchev–Trinajstić information content (AvgIpc) is 2.50. The SMILES string of the molecule is CCC(C)c1ccc2c(c1)C(=O)CCCC2. The van der Waals surface area contributed by atoms with Crippen molar-refractivity contribution in [3.63, 3.8) is 0 Å². The number of benzene rings is 1. The predicted octanol–water partition coefficient (Wildman–Crippen LogP) is 4.11. The summed E-state index contributed by atoms with van der Waals surface area (Å²) >= 11 is 0. The number of fused-ring (bicyclic) bond motifs is 1. The smallest absolute Gasteiger partial charge is 0.163 e. The molecule has 1 aromatic carbocycles. The van der Waals surface area contributed by atoms with Crippen LogP contribution in [0.5, 0.6) is 0 Å². The van der Waals surface area contributed by atoms with Crippen LogP contribution in [0.2, 0.25) is 0 Å². The van der Waals surface area contributed by atoms with Crippen LogP contribution in [0.25, 0.3) is 0 Å². The molecule has 0 amide bonds. The summed E-state index contributed by atoms with van der Waals surface area (Å²) in [4.78, 5) is 12.0. The first-order valence-corrected chi connectivity index (χ1v) is 6.38. The molecule has 0 heterocycles. The zero-order chi connectivity index (χ0) is 11.5. The molecule has 0 bridgehead atoms. The number of hydrogen-bond donors (Lipinski definition) is 0. The zero-order valence-electron chi connectivity index (χ0n) is 10.3. The molecule has 0 spiro atoms. The Bertz CT molecular complexity index is 392. The molecule has 86 valence electrons. The van der Waals surface area contributed by atoms with Gasteiger partial charge in [0.05, 0.1) is 0 Å². The lowest BCUT2D eigenvalue weighted by Gasteiger charge is -2.12. The number of ketones is 1. The van der Waals surface area contributed by atoms with E-state index in [-0.39, 0.29) is 0 Å². The Morgan fingerprint density at radius 2 is 2.00 bits per heavy atom. The van der Waals surface area contributed by atoms with Gasteiger partial charge in [-0.3, -0.25) is 4.79 Å². The van der Waals surface area contributed by atoms with E-state index in [1.807, 2.05) is 0 Å². The van der Waals surface area contributed by atoms with Crippen molar-refractivity contribution < 1.29 is 4.79 Å². The molecule has 1 aromatic rings.